The molecule has 0 N–H and O–H groups in total. The summed E-state index contributed by atoms with van der Waals surface area (Å²) in [5.41, 5.74) is 17.1. The van der Waals surface area contributed by atoms with E-state index in [1.165, 1.54) is 0 Å². The normalized spacial score (nSPS) is 13.8. The zero-order valence-corrected chi connectivity index (χ0v) is 39.5. The van der Waals surface area contributed by atoms with E-state index in [0.29, 0.717) is 78.2 Å². The molecule has 0 unspecified atom stereocenters. The Balaban J connectivity index is 1.19. The average Bonchev–Trinajstić information content (AvgIpc) is 3.37. The molecule has 70 heavy (non-hydrogen) atoms. The van der Waals surface area contributed by atoms with Crippen molar-refractivity contribution < 1.29 is 28.4 Å². The predicted octanol–water partition coefficient (Wildman–Crippen LogP) is 13.6. The largest absolute Gasteiger partial charge is 0.489 e. The Kier molecular flexibility index (Phi) is 12.9. The average molecular weight is 921 g/mol. The monoisotopic (exact) mass is 920 g/mol. The maximum atomic E-state index is 7.09. The summed E-state index contributed by atoms with van der Waals surface area (Å²) >= 11 is 0. The summed E-state index contributed by atoms with van der Waals surface area (Å²) in [5, 5.41) is 0. The van der Waals surface area contributed by atoms with E-state index in [9.17, 15) is 0 Å². The summed E-state index contributed by atoms with van der Waals surface area (Å²) in [6.07, 6.45) is 7.15. The lowest BCUT2D eigenvalue weighted by Crippen LogP contribution is -2.10. The molecule has 0 saturated carbocycles. The molecule has 4 aliphatic heterocycles. The fourth-order valence-corrected chi connectivity index (χ4v) is 10.4. The van der Waals surface area contributed by atoms with E-state index in [1.807, 2.05) is 12.2 Å². The second-order valence-electron chi connectivity index (χ2n) is 18.5. The van der Waals surface area contributed by atoms with E-state index in [2.05, 4.69) is 171 Å². The van der Waals surface area contributed by atoms with Gasteiger partial charge in [0.05, 0.1) is 0 Å². The lowest BCUT2D eigenvalue weighted by atomic mass is 9.91. The maximum absolute atomic E-state index is 7.09. The van der Waals surface area contributed by atoms with Gasteiger partial charge in [-0.3, -0.25) is 0 Å². The first-order valence-corrected chi connectivity index (χ1v) is 24.4. The molecule has 348 valence electrons. The van der Waals surface area contributed by atoms with E-state index < -0.39 is 0 Å². The zero-order valence-electron chi connectivity index (χ0n) is 39.5. The quantitative estimate of drug-likeness (QED) is 0.155. The number of fused-ring (bicyclic) bond motifs is 4. The second kappa shape index (κ2) is 20.3. The Morgan fingerprint density at radius 1 is 0.314 bits per heavy atom. The highest BCUT2D eigenvalue weighted by Crippen LogP contribution is 2.41. The lowest BCUT2D eigenvalue weighted by molar-refractivity contribution is 0.290. The number of hydrogen-bond donors (Lipinski definition) is 0. The Morgan fingerprint density at radius 2 is 0.529 bits per heavy atom. The summed E-state index contributed by atoms with van der Waals surface area (Å²) in [5.74, 6) is 5.13. The van der Waals surface area contributed by atoms with Gasteiger partial charge < -0.3 is 28.4 Å². The summed E-state index contributed by atoms with van der Waals surface area (Å²) in [4.78, 5) is 0. The topological polar surface area (TPSA) is 55.4 Å². The number of hydrogen-bond acceptors (Lipinski definition) is 6. The van der Waals surface area contributed by atoms with Gasteiger partial charge in [0.1, 0.15) is 74.1 Å². The molecule has 0 fully saturated rings. The van der Waals surface area contributed by atoms with Crippen molar-refractivity contribution in [1.82, 2.24) is 0 Å². The van der Waals surface area contributed by atoms with Crippen molar-refractivity contribution in [3.05, 3.63) is 272 Å². The molecule has 0 amide bonds. The molecule has 12 rings (SSSR count). The van der Waals surface area contributed by atoms with Crippen LogP contribution < -0.4 is 28.4 Å². The Morgan fingerprint density at radius 3 is 0.771 bits per heavy atom. The van der Waals surface area contributed by atoms with Crippen LogP contribution in [0.4, 0.5) is 0 Å². The van der Waals surface area contributed by atoms with Gasteiger partial charge in [0, 0.05) is 38.5 Å². The summed E-state index contributed by atoms with van der Waals surface area (Å²) in [7, 11) is 0. The third kappa shape index (κ3) is 9.55. The third-order valence-electron chi connectivity index (χ3n) is 13.6. The van der Waals surface area contributed by atoms with E-state index in [-0.39, 0.29) is 0 Å². The summed E-state index contributed by atoms with van der Waals surface area (Å²) in [6, 6.07) is 56.3. The molecule has 8 aromatic rings. The van der Waals surface area contributed by atoms with Crippen molar-refractivity contribution in [2.45, 2.75) is 65.0 Å². The van der Waals surface area contributed by atoms with Gasteiger partial charge in [-0.05, 0) is 101 Å². The van der Waals surface area contributed by atoms with Gasteiger partial charge in [-0.2, -0.15) is 0 Å². The Bertz CT molecular complexity index is 2830. The third-order valence-corrected chi connectivity index (χ3v) is 13.6. The molecule has 0 spiro atoms. The minimum absolute atomic E-state index is 0.374. The number of benzene rings is 8. The summed E-state index contributed by atoms with van der Waals surface area (Å²) in [6.45, 7) is 10.3. The van der Waals surface area contributed by atoms with Gasteiger partial charge in [0.15, 0.2) is 0 Å². The van der Waals surface area contributed by atoms with E-state index in [4.69, 9.17) is 28.4 Å². The molecule has 0 radical (unpaired) electrons. The van der Waals surface area contributed by atoms with Crippen molar-refractivity contribution >= 4 is 0 Å². The van der Waals surface area contributed by atoms with Gasteiger partial charge in [-0.1, -0.05) is 171 Å². The van der Waals surface area contributed by atoms with Gasteiger partial charge >= 0.3 is 0 Å². The van der Waals surface area contributed by atoms with Crippen LogP contribution in [0.2, 0.25) is 0 Å². The molecule has 4 heterocycles. The first-order valence-electron chi connectivity index (χ1n) is 24.4. The van der Waals surface area contributed by atoms with Crippen LogP contribution in [0.15, 0.2) is 183 Å². The molecule has 0 aliphatic carbocycles. The van der Waals surface area contributed by atoms with E-state index in [0.717, 1.165) is 124 Å². The Hall–Kier alpha value is -7.96. The highest BCUT2D eigenvalue weighted by atomic mass is 16.5. The maximum Gasteiger partial charge on any atom is 0.126 e. The van der Waals surface area contributed by atoms with E-state index >= 15 is 0 Å². The molecule has 0 aromatic heterocycles. The van der Waals surface area contributed by atoms with Crippen LogP contribution in [0.5, 0.6) is 34.5 Å². The number of rotatable bonds is 6. The van der Waals surface area contributed by atoms with Crippen molar-refractivity contribution in [1.29, 1.82) is 0 Å². The van der Waals surface area contributed by atoms with Crippen LogP contribution in [0, 0.1) is 0 Å². The van der Waals surface area contributed by atoms with Crippen LogP contribution in [0.25, 0.3) is 0 Å². The first kappa shape index (κ1) is 44.5. The zero-order chi connectivity index (χ0) is 47.2. The number of ether oxygens (including phenoxy) is 6. The van der Waals surface area contributed by atoms with Crippen LogP contribution >= 0.6 is 0 Å². The van der Waals surface area contributed by atoms with Gasteiger partial charge in [-0.15, -0.1) is 0 Å². The van der Waals surface area contributed by atoms with Crippen LogP contribution in [0.1, 0.15) is 89.0 Å². The predicted molar refractivity (Wildman–Crippen MR) is 277 cm³/mol. The number of para-hydroxylation sites is 6. The minimum atomic E-state index is 0.374. The highest BCUT2D eigenvalue weighted by molar-refractivity contribution is 5.57. The first-order chi connectivity index (χ1) is 34.6. The molecule has 0 atom stereocenters. The van der Waals surface area contributed by atoms with Crippen molar-refractivity contribution in [2.24, 2.45) is 0 Å². The van der Waals surface area contributed by atoms with Crippen molar-refractivity contribution in [3.8, 4) is 34.5 Å². The van der Waals surface area contributed by atoms with Gasteiger partial charge in [0.25, 0.3) is 0 Å². The molecule has 6 heteroatoms. The van der Waals surface area contributed by atoms with Crippen molar-refractivity contribution in [3.63, 3.8) is 0 Å². The second-order valence-corrected chi connectivity index (χ2v) is 18.5. The molecule has 4 aliphatic rings. The lowest BCUT2D eigenvalue weighted by Gasteiger charge is -2.23. The van der Waals surface area contributed by atoms with Crippen LogP contribution in [0.3, 0.4) is 0 Å². The molecular weight excluding hydrogens is 865 g/mol. The summed E-state index contributed by atoms with van der Waals surface area (Å²) < 4.78 is 41.7. The molecular formula is C64H56O6. The fraction of sp³-hybridized carbons (Fsp3) is 0.188. The standard InChI is InChI=1S/C64H56O6/c1-3-29-65-59-47-17-7-18-48(59)34-52-22-10-26-56-38-58-28-12-24-54-36-50-20-8-19-49(60(50)66-30-4-2)35-53-23-11-27-57(63(53)69-41-45-15-6-16-46(32-45)42-70-64(54)58)37-55-25-9-21-51(33-47)61(55)67-39-43-13-5-14-44(31-43)40-68-62(52)56/h3-28,31-32H,1-2,29-30,33-42H2. The molecule has 16 bridgehead atoms. The Labute approximate surface area is 411 Å². The SMILES string of the molecule is C=CCOc1c2cccc1Cc1cccc3c1OCc1cccc(c1)COc1c(cccc1Cc1cccc4c1OCc1cccc(c1)COc1c(cccc1C3)Cc1cccc(c1OCC=C)C4)C2. The minimum Gasteiger partial charge on any atom is -0.489 e. The smallest absolute Gasteiger partial charge is 0.126 e. The van der Waals surface area contributed by atoms with Gasteiger partial charge in [0.2, 0.25) is 0 Å². The fourth-order valence-electron chi connectivity index (χ4n) is 10.4. The molecule has 0 saturated heterocycles. The molecule has 8 aromatic carbocycles. The highest BCUT2D eigenvalue weighted by Gasteiger charge is 2.24. The van der Waals surface area contributed by atoms with Gasteiger partial charge in [-0.25, -0.2) is 0 Å². The molecule has 6 nitrogen and oxygen atoms in total. The van der Waals surface area contributed by atoms with Crippen LogP contribution in [-0.4, -0.2) is 13.2 Å². The van der Waals surface area contributed by atoms with E-state index in [1.54, 1.807) is 0 Å². The van der Waals surface area contributed by atoms with Crippen LogP contribution in [-0.2, 0) is 65.0 Å². The van der Waals surface area contributed by atoms with Crippen molar-refractivity contribution in [2.75, 3.05) is 13.2 Å².